The summed E-state index contributed by atoms with van der Waals surface area (Å²) in [5, 5.41) is 12.6. The van der Waals surface area contributed by atoms with Gasteiger partial charge in [0.1, 0.15) is 0 Å². The van der Waals surface area contributed by atoms with Crippen LogP contribution < -0.4 is 10.0 Å². The van der Waals surface area contributed by atoms with E-state index < -0.39 is 27.8 Å². The van der Waals surface area contributed by atoms with E-state index in [-0.39, 0.29) is 22.6 Å². The van der Waals surface area contributed by atoms with Crippen LogP contribution in [0.3, 0.4) is 0 Å². The largest absolute Gasteiger partial charge is 0.481 e. The van der Waals surface area contributed by atoms with Crippen molar-refractivity contribution in [2.75, 3.05) is 10.0 Å². The van der Waals surface area contributed by atoms with E-state index in [1.165, 1.54) is 24.3 Å². The molecule has 0 unspecified atom stereocenters. The highest BCUT2D eigenvalue weighted by molar-refractivity contribution is 7.92. The third-order valence-corrected chi connectivity index (χ3v) is 8.21. The van der Waals surface area contributed by atoms with Crippen LogP contribution in [-0.2, 0) is 19.6 Å². The highest BCUT2D eigenvalue weighted by Gasteiger charge is 2.57. The van der Waals surface area contributed by atoms with Crippen LogP contribution in [0.4, 0.5) is 11.4 Å². The Labute approximate surface area is 194 Å². The van der Waals surface area contributed by atoms with Crippen LogP contribution in [0.1, 0.15) is 32.3 Å². The van der Waals surface area contributed by atoms with Gasteiger partial charge in [0, 0.05) is 5.69 Å². The molecule has 2 aliphatic rings. The van der Waals surface area contributed by atoms with Gasteiger partial charge in [0.2, 0.25) is 5.91 Å². The normalized spacial score (nSPS) is 23.9. The van der Waals surface area contributed by atoms with Crippen LogP contribution >= 0.6 is 0 Å². The molecule has 2 aromatic carbocycles. The Morgan fingerprint density at radius 1 is 0.939 bits per heavy atom. The second-order valence-electron chi connectivity index (χ2n) is 9.07. The lowest BCUT2D eigenvalue weighted by Crippen LogP contribution is -2.37. The average Bonchev–Trinajstić information content (AvgIpc) is 3.32. The maximum atomic E-state index is 13.1. The molecule has 0 heterocycles. The minimum atomic E-state index is -3.79. The van der Waals surface area contributed by atoms with Crippen molar-refractivity contribution in [2.24, 2.45) is 23.7 Å². The standard InChI is InChI=1S/C25H28N2O5S/c1-14(2)21-18-12-13-19(21)23(25(29)30)22(18)24(28)26-16-8-10-17(11-9-16)33(31,32)27-20-7-5-4-6-15(20)3/h4-11,18-19,22-23,27H,12-13H2,1-3H3,(H,26,28)(H,29,30)/t18-,19+,22-,23-/m0/s1. The number of carboxylic acids is 1. The molecule has 8 heteroatoms. The molecule has 0 saturated heterocycles. The number of para-hydroxylation sites is 1. The van der Waals surface area contributed by atoms with Crippen LogP contribution in [0.25, 0.3) is 0 Å². The molecule has 33 heavy (non-hydrogen) atoms. The van der Waals surface area contributed by atoms with Gasteiger partial charge in [0.15, 0.2) is 0 Å². The Bertz CT molecular complexity index is 1230. The number of sulfonamides is 1. The van der Waals surface area contributed by atoms with Gasteiger partial charge in [-0.1, -0.05) is 29.3 Å². The summed E-state index contributed by atoms with van der Waals surface area (Å²) < 4.78 is 28.0. The molecule has 0 spiro atoms. The maximum Gasteiger partial charge on any atom is 0.307 e. The summed E-state index contributed by atoms with van der Waals surface area (Å²) in [6.07, 6.45) is 1.61. The molecule has 0 aromatic heterocycles. The first-order valence-electron chi connectivity index (χ1n) is 11.0. The number of nitrogens with one attached hydrogen (secondary N) is 2. The fourth-order valence-corrected chi connectivity index (χ4v) is 6.57. The fraction of sp³-hybridized carbons (Fsp3) is 0.360. The minimum Gasteiger partial charge on any atom is -0.481 e. The predicted octanol–water partition coefficient (Wildman–Crippen LogP) is 4.43. The first-order valence-corrected chi connectivity index (χ1v) is 12.5. The quantitative estimate of drug-likeness (QED) is 0.543. The summed E-state index contributed by atoms with van der Waals surface area (Å²) in [4.78, 5) is 25.2. The second kappa shape index (κ2) is 8.67. The number of hydrogen-bond donors (Lipinski definition) is 3. The number of carboxylic acid groups (broad SMARTS) is 1. The fourth-order valence-electron chi connectivity index (χ4n) is 5.44. The number of benzene rings is 2. The van der Waals surface area contributed by atoms with Gasteiger partial charge in [-0.15, -0.1) is 0 Å². The second-order valence-corrected chi connectivity index (χ2v) is 10.8. The summed E-state index contributed by atoms with van der Waals surface area (Å²) >= 11 is 0. The van der Waals surface area contributed by atoms with Crippen molar-refractivity contribution in [3.8, 4) is 0 Å². The molecular formula is C25H28N2O5S. The van der Waals surface area contributed by atoms with E-state index in [0.29, 0.717) is 11.4 Å². The van der Waals surface area contributed by atoms with Crippen molar-refractivity contribution in [1.82, 2.24) is 0 Å². The lowest BCUT2D eigenvalue weighted by molar-refractivity contribution is -0.148. The zero-order valence-electron chi connectivity index (χ0n) is 18.8. The molecule has 0 radical (unpaired) electrons. The Balaban J connectivity index is 1.51. The van der Waals surface area contributed by atoms with E-state index in [1.807, 2.05) is 32.9 Å². The van der Waals surface area contributed by atoms with Crippen LogP contribution in [0.5, 0.6) is 0 Å². The Morgan fingerprint density at radius 3 is 2.12 bits per heavy atom. The molecule has 2 fully saturated rings. The first-order chi connectivity index (χ1) is 15.6. The van der Waals surface area contributed by atoms with E-state index in [9.17, 15) is 23.1 Å². The van der Waals surface area contributed by atoms with E-state index in [0.717, 1.165) is 29.6 Å². The van der Waals surface area contributed by atoms with Gasteiger partial charge in [-0.25, -0.2) is 8.42 Å². The zero-order chi connectivity index (χ0) is 23.9. The van der Waals surface area contributed by atoms with Gasteiger partial charge in [-0.3, -0.25) is 14.3 Å². The van der Waals surface area contributed by atoms with Crippen molar-refractivity contribution in [1.29, 1.82) is 0 Å². The highest BCUT2D eigenvalue weighted by atomic mass is 32.2. The molecular weight excluding hydrogens is 440 g/mol. The first kappa shape index (κ1) is 23.0. The van der Waals surface area contributed by atoms with Crippen molar-refractivity contribution >= 4 is 33.3 Å². The van der Waals surface area contributed by atoms with Gasteiger partial charge in [0.25, 0.3) is 10.0 Å². The topological polar surface area (TPSA) is 113 Å². The number of carbonyl (C=O) groups is 2. The molecule has 2 aromatic rings. The molecule has 2 bridgehead atoms. The Kier molecular flexibility index (Phi) is 6.05. The van der Waals surface area contributed by atoms with Crippen molar-refractivity contribution in [3.63, 3.8) is 0 Å². The van der Waals surface area contributed by atoms with Crippen molar-refractivity contribution < 1.29 is 23.1 Å². The molecule has 4 atom stereocenters. The minimum absolute atomic E-state index is 0.0564. The number of hydrogen-bond acceptors (Lipinski definition) is 4. The molecule has 4 rings (SSSR count). The number of fused-ring (bicyclic) bond motifs is 2. The van der Waals surface area contributed by atoms with E-state index in [4.69, 9.17) is 0 Å². The molecule has 0 aliphatic heterocycles. The number of aliphatic carboxylic acids is 1. The smallest absolute Gasteiger partial charge is 0.307 e. The monoisotopic (exact) mass is 468 g/mol. The maximum absolute atomic E-state index is 13.1. The van der Waals surface area contributed by atoms with Crippen molar-refractivity contribution in [2.45, 2.75) is 38.5 Å². The van der Waals surface area contributed by atoms with Gasteiger partial charge in [-0.2, -0.15) is 0 Å². The van der Waals surface area contributed by atoms with Gasteiger partial charge in [-0.05, 0) is 81.3 Å². The van der Waals surface area contributed by atoms with E-state index in [2.05, 4.69) is 10.0 Å². The number of anilines is 2. The summed E-state index contributed by atoms with van der Waals surface area (Å²) in [5.41, 5.74) is 3.95. The lowest BCUT2D eigenvalue weighted by atomic mass is 9.78. The zero-order valence-corrected chi connectivity index (χ0v) is 19.6. The van der Waals surface area contributed by atoms with Crippen molar-refractivity contribution in [3.05, 3.63) is 65.2 Å². The third kappa shape index (κ3) is 4.27. The molecule has 7 nitrogen and oxygen atoms in total. The van der Waals surface area contributed by atoms with Crippen LogP contribution in [0.15, 0.2) is 64.6 Å². The molecule has 1 amide bonds. The SMILES string of the molecule is CC(C)=C1[C@H]2CC[C@@H]1[C@H](C(=O)Nc1ccc(S(=O)(=O)Nc3ccccc3C)cc1)[C@H]2C(=O)O. The molecule has 2 aliphatic carbocycles. The Morgan fingerprint density at radius 2 is 1.55 bits per heavy atom. The number of allylic oxidation sites excluding steroid dienone is 2. The van der Waals surface area contributed by atoms with Gasteiger partial charge in [0.05, 0.1) is 22.4 Å². The summed E-state index contributed by atoms with van der Waals surface area (Å²) in [7, 11) is -3.79. The lowest BCUT2D eigenvalue weighted by Gasteiger charge is -2.26. The van der Waals surface area contributed by atoms with E-state index in [1.54, 1.807) is 12.1 Å². The number of aryl methyl sites for hydroxylation is 1. The van der Waals surface area contributed by atoms with Gasteiger partial charge >= 0.3 is 5.97 Å². The summed E-state index contributed by atoms with van der Waals surface area (Å²) in [6, 6.07) is 13.0. The van der Waals surface area contributed by atoms with Crippen LogP contribution in [-0.4, -0.2) is 25.4 Å². The number of rotatable bonds is 6. The molecule has 174 valence electrons. The van der Waals surface area contributed by atoms with Crippen LogP contribution in [0, 0.1) is 30.6 Å². The summed E-state index contributed by atoms with van der Waals surface area (Å²) in [6.45, 7) is 5.77. The Hall–Kier alpha value is -3.13. The highest BCUT2D eigenvalue weighted by Crippen LogP contribution is 2.57. The third-order valence-electron chi connectivity index (χ3n) is 6.83. The predicted molar refractivity (Wildman–Crippen MR) is 126 cm³/mol. The van der Waals surface area contributed by atoms with Gasteiger partial charge < -0.3 is 10.4 Å². The van der Waals surface area contributed by atoms with Crippen LogP contribution in [0.2, 0.25) is 0 Å². The molecule has 3 N–H and O–H groups in total. The number of carbonyl (C=O) groups excluding carboxylic acids is 1. The molecule has 2 saturated carbocycles. The summed E-state index contributed by atoms with van der Waals surface area (Å²) in [5.74, 6) is -2.77. The van der Waals surface area contributed by atoms with E-state index >= 15 is 0 Å². The average molecular weight is 469 g/mol. The number of amides is 1.